The lowest BCUT2D eigenvalue weighted by molar-refractivity contribution is -0.134. The van der Waals surface area contributed by atoms with E-state index in [0.29, 0.717) is 10.9 Å². The second-order valence-electron chi connectivity index (χ2n) is 5.08. The van der Waals surface area contributed by atoms with Crippen molar-refractivity contribution in [3.05, 3.63) is 44.5 Å². The van der Waals surface area contributed by atoms with Crippen molar-refractivity contribution in [1.82, 2.24) is 0 Å². The Balaban J connectivity index is 2.24. The van der Waals surface area contributed by atoms with Crippen LogP contribution < -0.4 is 15.1 Å². The Morgan fingerprint density at radius 2 is 1.84 bits per heavy atom. The molecule has 0 amide bonds. The predicted molar refractivity (Wildman–Crippen MR) is 96.1 cm³/mol. The van der Waals surface area contributed by atoms with Gasteiger partial charge in [-0.05, 0) is 40.2 Å². The van der Waals surface area contributed by atoms with Crippen molar-refractivity contribution in [3.63, 3.8) is 0 Å². The minimum atomic E-state index is -0.630. The first-order valence-corrected chi connectivity index (χ1v) is 8.74. The summed E-state index contributed by atoms with van der Waals surface area (Å²) in [5.41, 5.74) is -0.161. The van der Waals surface area contributed by atoms with Crippen LogP contribution in [0.1, 0.15) is 13.8 Å². The molecule has 2 heterocycles. The van der Waals surface area contributed by atoms with Gasteiger partial charge in [-0.15, -0.1) is 11.3 Å². The molecular weight excluding hydrogens is 412 g/mol. The summed E-state index contributed by atoms with van der Waals surface area (Å²) in [5.74, 6) is -1.31. The Kier molecular flexibility index (Phi) is 4.73. The van der Waals surface area contributed by atoms with Crippen LogP contribution in [0.5, 0.6) is 11.5 Å². The Labute approximate surface area is 154 Å². The summed E-state index contributed by atoms with van der Waals surface area (Å²) in [6.45, 7) is 2.42. The highest BCUT2D eigenvalue weighted by atomic mass is 79.9. The van der Waals surface area contributed by atoms with Crippen molar-refractivity contribution in [2.24, 2.45) is 0 Å². The summed E-state index contributed by atoms with van der Waals surface area (Å²) < 4.78 is 16.4. The molecule has 0 saturated heterocycles. The van der Waals surface area contributed by atoms with Crippen molar-refractivity contribution in [3.8, 4) is 21.9 Å². The van der Waals surface area contributed by atoms with E-state index in [1.54, 1.807) is 12.1 Å². The van der Waals surface area contributed by atoms with Gasteiger partial charge in [-0.3, -0.25) is 9.59 Å². The van der Waals surface area contributed by atoms with E-state index in [4.69, 9.17) is 13.9 Å². The van der Waals surface area contributed by atoms with Crippen molar-refractivity contribution in [2.75, 3.05) is 0 Å². The Morgan fingerprint density at radius 3 is 2.44 bits per heavy atom. The molecule has 6 nitrogen and oxygen atoms in total. The Hall–Kier alpha value is -2.45. The number of thiophene rings is 1. The first kappa shape index (κ1) is 17.4. The standard InChI is InChI=1S/C17H11BrO6S/c1-8(19)22-13-4-3-10-5-12(14-6-11(18)7-25-14)17(21)24-15(10)16(13)23-9(2)20/h3-7H,1-2H3. The van der Waals surface area contributed by atoms with Crippen molar-refractivity contribution >= 4 is 50.2 Å². The molecule has 0 aliphatic carbocycles. The molecule has 128 valence electrons. The number of fused-ring (bicyclic) bond motifs is 1. The number of benzene rings is 1. The highest BCUT2D eigenvalue weighted by Gasteiger charge is 2.19. The molecule has 0 radical (unpaired) electrons. The number of carbonyl (C=O) groups excluding carboxylic acids is 2. The lowest BCUT2D eigenvalue weighted by Gasteiger charge is -2.10. The van der Waals surface area contributed by atoms with Crippen molar-refractivity contribution in [1.29, 1.82) is 0 Å². The fourth-order valence-corrected chi connectivity index (χ4v) is 3.68. The predicted octanol–water partition coefficient (Wildman–Crippen LogP) is 4.13. The molecule has 0 unspecified atom stereocenters. The topological polar surface area (TPSA) is 82.8 Å². The quantitative estimate of drug-likeness (QED) is 0.358. The number of ether oxygens (including phenoxy) is 2. The zero-order valence-electron chi connectivity index (χ0n) is 13.1. The highest BCUT2D eigenvalue weighted by molar-refractivity contribution is 9.10. The molecule has 1 aromatic carbocycles. The highest BCUT2D eigenvalue weighted by Crippen LogP contribution is 2.37. The van der Waals surface area contributed by atoms with Gasteiger partial charge in [-0.1, -0.05) is 0 Å². The minimum absolute atomic E-state index is 0.00460. The molecule has 0 aliphatic rings. The molecule has 0 N–H and O–H groups in total. The number of hydrogen-bond donors (Lipinski definition) is 0. The molecule has 2 aromatic heterocycles. The largest absolute Gasteiger partial charge is 0.423 e. The zero-order chi connectivity index (χ0) is 18.1. The second-order valence-corrected chi connectivity index (χ2v) is 6.90. The zero-order valence-corrected chi connectivity index (χ0v) is 15.5. The van der Waals surface area contributed by atoms with Gasteiger partial charge in [0.05, 0.1) is 5.56 Å². The van der Waals surface area contributed by atoms with Gasteiger partial charge in [0.1, 0.15) is 0 Å². The summed E-state index contributed by atoms with van der Waals surface area (Å²) in [5, 5.41) is 2.39. The molecule has 0 aliphatic heterocycles. The third kappa shape index (κ3) is 3.64. The van der Waals surface area contributed by atoms with Gasteiger partial charge in [-0.25, -0.2) is 4.79 Å². The van der Waals surface area contributed by atoms with Gasteiger partial charge in [0.2, 0.25) is 5.75 Å². The van der Waals surface area contributed by atoms with Crippen LogP contribution in [-0.4, -0.2) is 11.9 Å². The normalized spacial score (nSPS) is 10.7. The lowest BCUT2D eigenvalue weighted by atomic mass is 10.1. The molecule has 3 rings (SSSR count). The number of halogens is 1. The van der Waals surface area contributed by atoms with Gasteiger partial charge in [0.25, 0.3) is 0 Å². The number of esters is 2. The summed E-state index contributed by atoms with van der Waals surface area (Å²) >= 11 is 4.74. The average Bonchev–Trinajstić information content (AvgIpc) is 2.95. The second kappa shape index (κ2) is 6.81. The summed E-state index contributed by atoms with van der Waals surface area (Å²) in [7, 11) is 0. The molecule has 0 fully saturated rings. The van der Waals surface area contributed by atoms with Crippen LogP contribution in [0.3, 0.4) is 0 Å². The van der Waals surface area contributed by atoms with E-state index in [-0.39, 0.29) is 17.1 Å². The van der Waals surface area contributed by atoms with Crippen LogP contribution in [0.25, 0.3) is 21.4 Å². The van der Waals surface area contributed by atoms with Gasteiger partial charge < -0.3 is 13.9 Å². The molecule has 3 aromatic rings. The van der Waals surface area contributed by atoms with Gasteiger partial charge in [-0.2, -0.15) is 0 Å². The number of carbonyl (C=O) groups is 2. The third-order valence-corrected chi connectivity index (χ3v) is 4.88. The van der Waals surface area contributed by atoms with E-state index in [1.165, 1.54) is 31.3 Å². The first-order valence-electron chi connectivity index (χ1n) is 7.07. The fraction of sp³-hybridized carbons (Fsp3) is 0.118. The lowest BCUT2D eigenvalue weighted by Crippen LogP contribution is -2.09. The third-order valence-electron chi connectivity index (χ3n) is 3.15. The Morgan fingerprint density at radius 1 is 1.12 bits per heavy atom. The Bertz CT molecular complexity index is 1050. The molecule has 0 atom stereocenters. The molecule has 0 saturated carbocycles. The summed E-state index contributed by atoms with van der Waals surface area (Å²) in [4.78, 5) is 35.7. The van der Waals surface area contributed by atoms with Gasteiger partial charge >= 0.3 is 17.6 Å². The van der Waals surface area contributed by atoms with E-state index in [1.807, 2.05) is 11.4 Å². The van der Waals surface area contributed by atoms with E-state index in [2.05, 4.69) is 15.9 Å². The molecular formula is C17H11BrO6S. The number of hydrogen-bond acceptors (Lipinski definition) is 7. The molecule has 0 spiro atoms. The maximum absolute atomic E-state index is 12.4. The van der Waals surface area contributed by atoms with E-state index in [0.717, 1.165) is 9.35 Å². The number of rotatable bonds is 3. The monoisotopic (exact) mass is 422 g/mol. The van der Waals surface area contributed by atoms with Crippen LogP contribution in [-0.2, 0) is 9.59 Å². The van der Waals surface area contributed by atoms with E-state index in [9.17, 15) is 14.4 Å². The summed E-state index contributed by atoms with van der Waals surface area (Å²) in [6.07, 6.45) is 0. The maximum Gasteiger partial charge on any atom is 0.345 e. The van der Waals surface area contributed by atoms with Crippen LogP contribution in [0.15, 0.2) is 43.3 Å². The molecule has 0 bridgehead atoms. The minimum Gasteiger partial charge on any atom is -0.423 e. The first-order chi connectivity index (χ1) is 11.8. The fourth-order valence-electron chi connectivity index (χ4n) is 2.24. The van der Waals surface area contributed by atoms with Crippen molar-refractivity contribution < 1.29 is 23.5 Å². The average molecular weight is 423 g/mol. The van der Waals surface area contributed by atoms with Crippen molar-refractivity contribution in [2.45, 2.75) is 13.8 Å². The van der Waals surface area contributed by atoms with E-state index < -0.39 is 17.6 Å². The SMILES string of the molecule is CC(=O)Oc1ccc2cc(-c3cc(Br)cs3)c(=O)oc2c1OC(C)=O. The van der Waals surface area contributed by atoms with Gasteiger partial charge in [0.15, 0.2) is 11.3 Å². The molecule has 25 heavy (non-hydrogen) atoms. The molecule has 8 heteroatoms. The summed E-state index contributed by atoms with van der Waals surface area (Å²) in [6, 6.07) is 6.55. The van der Waals surface area contributed by atoms with E-state index >= 15 is 0 Å². The van der Waals surface area contributed by atoms with Crippen LogP contribution in [0.4, 0.5) is 0 Å². The van der Waals surface area contributed by atoms with Gasteiger partial charge in [0, 0.05) is 34.0 Å². The maximum atomic E-state index is 12.4. The van der Waals surface area contributed by atoms with Crippen LogP contribution in [0, 0.1) is 0 Å². The van der Waals surface area contributed by atoms with Crippen LogP contribution >= 0.6 is 27.3 Å². The smallest absolute Gasteiger partial charge is 0.345 e. The van der Waals surface area contributed by atoms with Crippen LogP contribution in [0.2, 0.25) is 0 Å².